The normalized spacial score (nSPS) is 27.9. The summed E-state index contributed by atoms with van der Waals surface area (Å²) < 4.78 is 12.6. The summed E-state index contributed by atoms with van der Waals surface area (Å²) >= 11 is 0. The summed E-state index contributed by atoms with van der Waals surface area (Å²) in [7, 11) is -0.0659. The van der Waals surface area contributed by atoms with Gasteiger partial charge in [-0.2, -0.15) is 0 Å². The van der Waals surface area contributed by atoms with Gasteiger partial charge in [0, 0.05) is 13.7 Å². The van der Waals surface area contributed by atoms with E-state index >= 15 is 0 Å². The van der Waals surface area contributed by atoms with E-state index < -0.39 is 8.32 Å². The van der Waals surface area contributed by atoms with Gasteiger partial charge >= 0.3 is 0 Å². The number of hydrogen-bond donors (Lipinski definition) is 1. The van der Waals surface area contributed by atoms with E-state index in [9.17, 15) is 5.11 Å². The van der Waals surface area contributed by atoms with Gasteiger partial charge in [0.25, 0.3) is 0 Å². The maximum absolute atomic E-state index is 9.40. The summed E-state index contributed by atoms with van der Waals surface area (Å²) in [5.41, 5.74) is 1.81. The molecule has 21 heavy (non-hydrogen) atoms. The smallest absolute Gasteiger partial charge is 0.200 e. The third-order valence-corrected chi connectivity index (χ3v) is 11.6. The molecule has 0 spiro atoms. The van der Waals surface area contributed by atoms with Crippen molar-refractivity contribution in [2.75, 3.05) is 13.7 Å². The van der Waals surface area contributed by atoms with E-state index in [-0.39, 0.29) is 18.8 Å². The predicted molar refractivity (Wildman–Crippen MR) is 91.1 cm³/mol. The highest BCUT2D eigenvalue weighted by Gasteiger charge is 2.48. The Kier molecular flexibility index (Phi) is 7.38. The van der Waals surface area contributed by atoms with Crippen molar-refractivity contribution in [2.45, 2.75) is 89.6 Å². The minimum Gasteiger partial charge on any atom is -0.411 e. The Morgan fingerprint density at radius 1 is 0.952 bits per heavy atom. The van der Waals surface area contributed by atoms with E-state index in [1.165, 1.54) is 0 Å². The largest absolute Gasteiger partial charge is 0.411 e. The van der Waals surface area contributed by atoms with Crippen LogP contribution in [0.2, 0.25) is 16.6 Å². The van der Waals surface area contributed by atoms with Crippen molar-refractivity contribution < 1.29 is 14.3 Å². The van der Waals surface area contributed by atoms with Gasteiger partial charge in [0.15, 0.2) is 0 Å². The van der Waals surface area contributed by atoms with Crippen LogP contribution in [-0.2, 0) is 9.16 Å². The first-order valence-corrected chi connectivity index (χ1v) is 10.7. The van der Waals surface area contributed by atoms with Crippen molar-refractivity contribution in [3.63, 3.8) is 0 Å². The molecule has 4 heteroatoms. The van der Waals surface area contributed by atoms with Crippen LogP contribution >= 0.6 is 0 Å². The van der Waals surface area contributed by atoms with Crippen LogP contribution < -0.4 is 0 Å². The van der Waals surface area contributed by atoms with Gasteiger partial charge in [0.05, 0.1) is 12.2 Å². The monoisotopic (exact) mass is 316 g/mol. The van der Waals surface area contributed by atoms with E-state index in [0.29, 0.717) is 22.5 Å². The quantitative estimate of drug-likeness (QED) is 0.709. The molecule has 0 amide bonds. The van der Waals surface area contributed by atoms with Crippen molar-refractivity contribution in [2.24, 2.45) is 5.92 Å². The predicted octanol–water partition coefficient (Wildman–Crippen LogP) is 4.35. The van der Waals surface area contributed by atoms with E-state index in [1.807, 2.05) is 0 Å². The summed E-state index contributed by atoms with van der Waals surface area (Å²) in [5.74, 6) is 0.378. The number of aliphatic hydroxyl groups excluding tert-OH is 1. The van der Waals surface area contributed by atoms with Gasteiger partial charge in [-0.1, -0.05) is 41.5 Å². The molecule has 0 unspecified atom stereocenters. The maximum atomic E-state index is 9.40. The minimum absolute atomic E-state index is 0.138. The first-order valence-electron chi connectivity index (χ1n) is 8.60. The second-order valence-corrected chi connectivity index (χ2v) is 13.0. The molecule has 0 aromatic rings. The molecule has 0 aromatic heterocycles. The van der Waals surface area contributed by atoms with Gasteiger partial charge in [-0.05, 0) is 41.8 Å². The molecule has 3 nitrogen and oxygen atoms in total. The van der Waals surface area contributed by atoms with E-state index in [1.54, 1.807) is 7.11 Å². The Hall–Kier alpha value is 0.0969. The van der Waals surface area contributed by atoms with Crippen LogP contribution in [0.5, 0.6) is 0 Å². The lowest BCUT2D eigenvalue weighted by atomic mass is 9.86. The summed E-state index contributed by atoms with van der Waals surface area (Å²) in [4.78, 5) is 0. The van der Waals surface area contributed by atoms with Crippen LogP contribution in [0.15, 0.2) is 0 Å². The number of methoxy groups -OCH3 is 1. The Labute approximate surface area is 132 Å². The van der Waals surface area contributed by atoms with Crippen LogP contribution in [-0.4, -0.2) is 39.3 Å². The third-order valence-electron chi connectivity index (χ3n) is 5.46. The van der Waals surface area contributed by atoms with E-state index in [2.05, 4.69) is 41.5 Å². The minimum atomic E-state index is -1.85. The van der Waals surface area contributed by atoms with Crippen molar-refractivity contribution >= 4 is 8.32 Å². The second-order valence-electron chi connectivity index (χ2n) is 7.61. The first kappa shape index (κ1) is 19.1. The molecule has 1 aliphatic rings. The number of aliphatic hydroxyl groups is 1. The average molecular weight is 317 g/mol. The highest BCUT2D eigenvalue weighted by Crippen LogP contribution is 2.45. The SMILES string of the molecule is CO[C@@H]1C[C@H](CO)CC[C@H]1O[Si](C(C)C)(C(C)C)C(C)C. The number of ether oxygens (including phenoxy) is 1. The molecule has 126 valence electrons. The van der Waals surface area contributed by atoms with Crippen LogP contribution in [0.3, 0.4) is 0 Å². The molecule has 0 aliphatic heterocycles. The summed E-state index contributed by atoms with van der Waals surface area (Å²) in [6.45, 7) is 14.2. The van der Waals surface area contributed by atoms with Gasteiger partial charge in [0.2, 0.25) is 8.32 Å². The topological polar surface area (TPSA) is 38.7 Å². The zero-order chi connectivity index (χ0) is 16.2. The maximum Gasteiger partial charge on any atom is 0.200 e. The highest BCUT2D eigenvalue weighted by atomic mass is 28.4. The van der Waals surface area contributed by atoms with Crippen molar-refractivity contribution in [1.29, 1.82) is 0 Å². The Bertz CT molecular complexity index is 283. The fraction of sp³-hybridized carbons (Fsp3) is 1.00. The lowest BCUT2D eigenvalue weighted by Gasteiger charge is -2.47. The van der Waals surface area contributed by atoms with E-state index in [0.717, 1.165) is 19.3 Å². The van der Waals surface area contributed by atoms with Crippen molar-refractivity contribution in [3.05, 3.63) is 0 Å². The number of rotatable bonds is 7. The van der Waals surface area contributed by atoms with Crippen LogP contribution in [0.1, 0.15) is 60.8 Å². The van der Waals surface area contributed by atoms with Crippen molar-refractivity contribution in [3.8, 4) is 0 Å². The van der Waals surface area contributed by atoms with Gasteiger partial charge in [-0.25, -0.2) is 0 Å². The molecule has 1 saturated carbocycles. The fourth-order valence-electron chi connectivity index (χ4n) is 4.40. The zero-order valence-electron chi connectivity index (χ0n) is 15.1. The Balaban J connectivity index is 2.92. The molecular weight excluding hydrogens is 280 g/mol. The lowest BCUT2D eigenvalue weighted by molar-refractivity contribution is -0.0518. The van der Waals surface area contributed by atoms with Crippen LogP contribution in [0.4, 0.5) is 0 Å². The van der Waals surface area contributed by atoms with E-state index in [4.69, 9.17) is 9.16 Å². The molecule has 1 fully saturated rings. The molecule has 0 saturated heterocycles. The second kappa shape index (κ2) is 8.09. The Morgan fingerprint density at radius 3 is 1.86 bits per heavy atom. The molecule has 1 N–H and O–H groups in total. The van der Waals surface area contributed by atoms with Crippen LogP contribution in [0.25, 0.3) is 0 Å². The fourth-order valence-corrected chi connectivity index (χ4v) is 10.0. The molecule has 3 atom stereocenters. The molecule has 0 bridgehead atoms. The highest BCUT2D eigenvalue weighted by molar-refractivity contribution is 6.77. The first-order chi connectivity index (χ1) is 9.79. The van der Waals surface area contributed by atoms with Crippen LogP contribution in [0, 0.1) is 5.92 Å². The standard InChI is InChI=1S/C17H36O3Si/c1-12(2)21(13(3)4,14(5)6)20-16-9-8-15(11-18)10-17(16)19-7/h12-18H,8-11H2,1-7H3/t15-,16-,17-/m1/s1. The van der Waals surface area contributed by atoms with Crippen molar-refractivity contribution in [1.82, 2.24) is 0 Å². The average Bonchev–Trinajstić information content (AvgIpc) is 2.43. The van der Waals surface area contributed by atoms with Gasteiger partial charge in [-0.15, -0.1) is 0 Å². The Morgan fingerprint density at radius 2 is 1.48 bits per heavy atom. The molecular formula is C17H36O3Si. The zero-order valence-corrected chi connectivity index (χ0v) is 16.1. The molecule has 0 heterocycles. The molecule has 0 aromatic carbocycles. The van der Waals surface area contributed by atoms with Gasteiger partial charge < -0.3 is 14.3 Å². The lowest BCUT2D eigenvalue weighted by Crippen LogP contribution is -2.53. The van der Waals surface area contributed by atoms with Gasteiger partial charge in [0.1, 0.15) is 0 Å². The summed E-state index contributed by atoms with van der Waals surface area (Å²) in [6, 6.07) is 0. The van der Waals surface area contributed by atoms with Gasteiger partial charge in [-0.3, -0.25) is 0 Å². The molecule has 1 aliphatic carbocycles. The number of hydrogen-bond acceptors (Lipinski definition) is 3. The summed E-state index contributed by atoms with van der Waals surface area (Å²) in [5, 5.41) is 9.40. The summed E-state index contributed by atoms with van der Waals surface area (Å²) in [6.07, 6.45) is 3.34. The molecule has 0 radical (unpaired) electrons. The molecule has 1 rings (SSSR count). The third kappa shape index (κ3) is 4.09.